The Balaban J connectivity index is 0. The zero-order valence-corrected chi connectivity index (χ0v) is 7.47. The molecule has 0 bridgehead atoms. The van der Waals surface area contributed by atoms with Gasteiger partial charge in [0, 0.05) is 0 Å². The summed E-state index contributed by atoms with van der Waals surface area (Å²) in [6, 6.07) is 0. The first-order valence-corrected chi connectivity index (χ1v) is 0. The molecule has 0 radical (unpaired) electrons. The first kappa shape index (κ1) is 29.0. The minimum absolute atomic E-state index is 0. The molecule has 0 aromatic carbocycles. The van der Waals surface area contributed by atoms with Gasteiger partial charge in [0.1, 0.15) is 0 Å². The van der Waals surface area contributed by atoms with Crippen molar-refractivity contribution in [2.24, 2.45) is 0 Å². The van der Waals surface area contributed by atoms with Crippen molar-refractivity contribution in [2.75, 3.05) is 0 Å². The van der Waals surface area contributed by atoms with E-state index in [4.69, 9.17) is 0 Å². The Hall–Kier alpha value is 2.83. The van der Waals surface area contributed by atoms with Gasteiger partial charge in [-0.3, -0.25) is 0 Å². The third-order valence-electron chi connectivity index (χ3n) is 0. The van der Waals surface area contributed by atoms with Gasteiger partial charge >= 0.3 is 86.9 Å². The van der Waals surface area contributed by atoms with Crippen molar-refractivity contribution in [1.82, 2.24) is 0 Å². The Morgan fingerprint density at radius 1 is 1.00 bits per heavy atom. The topological polar surface area (TPSA) is 28.5 Å². The van der Waals surface area contributed by atoms with Gasteiger partial charge in [0.2, 0.25) is 0 Å². The fraction of sp³-hybridized carbons (Fsp3) is 0. The van der Waals surface area contributed by atoms with E-state index in [9.17, 15) is 0 Å². The summed E-state index contributed by atoms with van der Waals surface area (Å²) in [6.07, 6.45) is 0. The Labute approximate surface area is 90.4 Å². The molecule has 0 N–H and O–H groups in total. The molecule has 0 aromatic rings. The Bertz CT molecular complexity index is 8.00. The van der Waals surface area contributed by atoms with Crippen molar-refractivity contribution in [3.63, 3.8) is 0 Å². The predicted molar refractivity (Wildman–Crippen MR) is 6.44 cm³/mol. The summed E-state index contributed by atoms with van der Waals surface area (Å²) >= 11 is 0. The largest absolute Gasteiger partial charge is 3.00 e. The maximum absolute atomic E-state index is 0. The Kier molecular flexibility index (Phi) is 123. The van der Waals surface area contributed by atoms with E-state index in [1.807, 2.05) is 0 Å². The maximum atomic E-state index is 0. The molecule has 0 rings (SSSR count). The molecule has 4 heavy (non-hydrogen) atoms. The van der Waals surface area contributed by atoms with Gasteiger partial charge in [-0.1, -0.05) is 0 Å². The molecule has 1 nitrogen and oxygen atoms in total. The van der Waals surface area contributed by atoms with Gasteiger partial charge < -0.3 is 5.48 Å². The standard InChI is InChI=1S/Al.Lu.O.Y/q2*+3;-2;+3. The van der Waals surface area contributed by atoms with Crippen LogP contribution >= 0.6 is 0 Å². The molecule has 0 fully saturated rings. The van der Waals surface area contributed by atoms with E-state index in [0.717, 1.165) is 0 Å². The summed E-state index contributed by atoms with van der Waals surface area (Å²) in [5, 5.41) is 0. The van der Waals surface area contributed by atoms with E-state index in [1.54, 1.807) is 0 Å². The molecule has 0 aliphatic carbocycles. The zero-order valence-electron chi connectivity index (χ0n) is 1.82. The summed E-state index contributed by atoms with van der Waals surface area (Å²) < 4.78 is 0. The average molecular weight is 307 g/mol. The molecule has 0 aliphatic heterocycles. The van der Waals surface area contributed by atoms with Gasteiger partial charge in [-0.25, -0.2) is 0 Å². The molecule has 0 spiro atoms. The molecule has 0 saturated heterocycles. The van der Waals surface area contributed by atoms with Crippen molar-refractivity contribution >= 4 is 17.4 Å². The molecule has 0 heterocycles. The van der Waals surface area contributed by atoms with Crippen molar-refractivity contribution in [3.05, 3.63) is 0 Å². The molecule has 0 amide bonds. The first-order valence-electron chi connectivity index (χ1n) is 0. The predicted octanol–water partition coefficient (Wildman–Crippen LogP) is -0.502. The van der Waals surface area contributed by atoms with Crippen LogP contribution in [0.3, 0.4) is 0 Å². The van der Waals surface area contributed by atoms with E-state index >= 15 is 0 Å². The van der Waals surface area contributed by atoms with Gasteiger partial charge in [0.05, 0.1) is 0 Å². The van der Waals surface area contributed by atoms with Crippen LogP contribution in [0.5, 0.6) is 0 Å². The number of hydrogen-bond donors (Lipinski definition) is 0. The summed E-state index contributed by atoms with van der Waals surface area (Å²) in [5.41, 5.74) is 0. The van der Waals surface area contributed by atoms with E-state index in [2.05, 4.69) is 0 Å². The third-order valence-corrected chi connectivity index (χ3v) is 0. The Morgan fingerprint density at radius 3 is 1.00 bits per heavy atom. The second-order valence-corrected chi connectivity index (χ2v) is 0. The Morgan fingerprint density at radius 2 is 1.00 bits per heavy atom. The molecular formula is AlLuOY+7. The van der Waals surface area contributed by atoms with Crippen LogP contribution in [-0.2, 0) is 38.2 Å². The van der Waals surface area contributed by atoms with Crippen LogP contribution in [-0.4, -0.2) is 17.4 Å². The summed E-state index contributed by atoms with van der Waals surface area (Å²) in [7, 11) is 0. The molecule has 0 aliphatic rings. The van der Waals surface area contributed by atoms with Gasteiger partial charge in [-0.15, -0.1) is 0 Å². The van der Waals surface area contributed by atoms with Crippen LogP contribution in [0.2, 0.25) is 0 Å². The van der Waals surface area contributed by atoms with Gasteiger partial charge in [-0.2, -0.15) is 0 Å². The number of hydrogen-bond acceptors (Lipinski definition) is 0. The summed E-state index contributed by atoms with van der Waals surface area (Å²) in [6.45, 7) is 0. The minimum atomic E-state index is 0. The normalized spacial score (nSPS) is 0. The monoisotopic (exact) mass is 307 g/mol. The van der Waals surface area contributed by atoms with E-state index in [0.29, 0.717) is 0 Å². The third kappa shape index (κ3) is 8.85. The van der Waals surface area contributed by atoms with E-state index < -0.39 is 0 Å². The quantitative estimate of drug-likeness (QED) is 0.540. The molecule has 0 atom stereocenters. The van der Waals surface area contributed by atoms with Crippen LogP contribution in [0.4, 0.5) is 0 Å². The zero-order chi connectivity index (χ0) is 0. The fourth-order valence-corrected chi connectivity index (χ4v) is 0. The van der Waals surface area contributed by atoms with Gasteiger partial charge in [0.25, 0.3) is 0 Å². The number of rotatable bonds is 0. The molecular weight excluding hydrogens is 307 g/mol. The fourth-order valence-electron chi connectivity index (χ4n) is 0. The maximum Gasteiger partial charge on any atom is 3.00 e. The van der Waals surface area contributed by atoms with Crippen molar-refractivity contribution < 1.29 is 75.1 Å². The van der Waals surface area contributed by atoms with Crippen LogP contribution in [0.15, 0.2) is 0 Å². The van der Waals surface area contributed by atoms with Crippen LogP contribution in [0, 0.1) is 36.9 Å². The minimum Gasteiger partial charge on any atom is -2.00 e. The molecule has 20 valence electrons. The molecule has 0 unspecified atom stereocenters. The van der Waals surface area contributed by atoms with Crippen molar-refractivity contribution in [1.29, 1.82) is 0 Å². The first-order chi connectivity index (χ1) is 0. The molecule has 0 aromatic heterocycles. The van der Waals surface area contributed by atoms with E-state index in [1.165, 1.54) is 0 Å². The van der Waals surface area contributed by atoms with Gasteiger partial charge in [-0.05, 0) is 0 Å². The molecule has 4 heteroatoms. The summed E-state index contributed by atoms with van der Waals surface area (Å²) in [4.78, 5) is 0. The van der Waals surface area contributed by atoms with E-state index in [-0.39, 0.29) is 92.4 Å². The summed E-state index contributed by atoms with van der Waals surface area (Å²) in [5.74, 6) is 0. The molecule has 0 saturated carbocycles. The van der Waals surface area contributed by atoms with Crippen LogP contribution in [0.1, 0.15) is 0 Å². The SMILES string of the molecule is [Al+3].[Lu+3].[O-2].[Y+3]. The second-order valence-electron chi connectivity index (χ2n) is 0. The van der Waals surface area contributed by atoms with Crippen LogP contribution < -0.4 is 0 Å². The average Bonchev–Trinajstić information content (AvgIpc) is 0. The van der Waals surface area contributed by atoms with Crippen molar-refractivity contribution in [3.8, 4) is 0 Å². The smallest absolute Gasteiger partial charge is 2.00 e. The second kappa shape index (κ2) is 17.0. The van der Waals surface area contributed by atoms with Crippen molar-refractivity contribution in [2.45, 2.75) is 0 Å². The van der Waals surface area contributed by atoms with Gasteiger partial charge in [0.15, 0.2) is 0 Å². The van der Waals surface area contributed by atoms with Crippen LogP contribution in [0.25, 0.3) is 0 Å².